The van der Waals surface area contributed by atoms with Crippen molar-refractivity contribution in [3.63, 3.8) is 0 Å². The second-order valence-corrected chi connectivity index (χ2v) is 5.68. The summed E-state index contributed by atoms with van der Waals surface area (Å²) < 4.78 is 5.86. The number of likely N-dealkylation sites (tertiary alicyclic amines) is 1. The molecule has 20 heavy (non-hydrogen) atoms. The zero-order chi connectivity index (χ0) is 15.2. The molecule has 0 aromatic rings. The maximum atomic E-state index is 12.3. The van der Waals surface area contributed by atoms with E-state index in [0.717, 1.165) is 38.5 Å². The van der Waals surface area contributed by atoms with Gasteiger partial charge in [0.25, 0.3) is 0 Å². The Morgan fingerprint density at radius 2 is 1.95 bits per heavy atom. The second-order valence-electron chi connectivity index (χ2n) is 5.68. The molecule has 0 aliphatic carbocycles. The van der Waals surface area contributed by atoms with Crippen molar-refractivity contribution in [1.29, 1.82) is 0 Å². The topological polar surface area (TPSA) is 46.6 Å². The van der Waals surface area contributed by atoms with Gasteiger partial charge in [-0.15, -0.1) is 0 Å². The van der Waals surface area contributed by atoms with Crippen LogP contribution in [-0.4, -0.2) is 29.0 Å². The van der Waals surface area contributed by atoms with Gasteiger partial charge in [0, 0.05) is 13.0 Å². The summed E-state index contributed by atoms with van der Waals surface area (Å²) >= 11 is 0. The van der Waals surface area contributed by atoms with Crippen molar-refractivity contribution in [1.82, 2.24) is 4.90 Å². The summed E-state index contributed by atoms with van der Waals surface area (Å²) in [5, 5.41) is 0. The number of ether oxygens (including phenoxy) is 1. The highest BCUT2D eigenvalue weighted by Crippen LogP contribution is 2.36. The number of hydrogen-bond donors (Lipinski definition) is 0. The minimum absolute atomic E-state index is 0.0975. The predicted molar refractivity (Wildman–Crippen MR) is 79.4 cm³/mol. The number of nitrogens with zero attached hydrogens (tertiary/aromatic N) is 1. The van der Waals surface area contributed by atoms with E-state index in [1.807, 2.05) is 0 Å². The molecule has 0 aromatic heterocycles. The minimum Gasteiger partial charge on any atom is -0.442 e. The van der Waals surface area contributed by atoms with Crippen molar-refractivity contribution >= 4 is 12.0 Å². The summed E-state index contributed by atoms with van der Waals surface area (Å²) in [5.74, 6) is 0.267. The third-order valence-corrected chi connectivity index (χ3v) is 4.66. The van der Waals surface area contributed by atoms with Crippen LogP contribution in [0.5, 0.6) is 0 Å². The normalized spacial score (nSPS) is 17.4. The number of carbonyl (C=O) groups is 2. The zero-order valence-electron chi connectivity index (χ0n) is 13.4. The van der Waals surface area contributed by atoms with Gasteiger partial charge in [0.1, 0.15) is 5.60 Å². The summed E-state index contributed by atoms with van der Waals surface area (Å²) in [6.45, 7) is 8.95. The predicted octanol–water partition coefficient (Wildman–Crippen LogP) is 4.13. The van der Waals surface area contributed by atoms with Gasteiger partial charge in [-0.1, -0.05) is 34.1 Å². The fourth-order valence-electron chi connectivity index (χ4n) is 3.31. The summed E-state index contributed by atoms with van der Waals surface area (Å²) in [4.78, 5) is 25.2. The first kappa shape index (κ1) is 17.0. The standard InChI is InChI=1S/C16H29NO3/c1-5-10-13(6-2)16(7-3,8-4)20-15(19)17-12-9-11-14(17)18/h13H,5-12H2,1-4H3. The lowest BCUT2D eigenvalue weighted by atomic mass is 9.78. The first-order chi connectivity index (χ1) is 9.54. The molecule has 2 amide bonds. The van der Waals surface area contributed by atoms with Crippen LogP contribution in [0.25, 0.3) is 0 Å². The SMILES string of the molecule is CCCC(CC)C(CC)(CC)OC(=O)N1CCCC1=O. The molecule has 0 radical (unpaired) electrons. The summed E-state index contributed by atoms with van der Waals surface area (Å²) in [7, 11) is 0. The third-order valence-electron chi connectivity index (χ3n) is 4.66. The highest BCUT2D eigenvalue weighted by atomic mass is 16.6. The van der Waals surface area contributed by atoms with E-state index in [-0.39, 0.29) is 5.91 Å². The monoisotopic (exact) mass is 283 g/mol. The minimum atomic E-state index is -0.439. The Morgan fingerprint density at radius 1 is 1.30 bits per heavy atom. The van der Waals surface area contributed by atoms with Crippen LogP contribution in [0.1, 0.15) is 72.6 Å². The van der Waals surface area contributed by atoms with Crippen LogP contribution in [0.15, 0.2) is 0 Å². The molecule has 1 rings (SSSR count). The Kier molecular flexibility index (Phi) is 6.50. The summed E-state index contributed by atoms with van der Waals surface area (Å²) in [6.07, 6.45) is 5.52. The molecule has 4 heteroatoms. The number of amides is 2. The fraction of sp³-hybridized carbons (Fsp3) is 0.875. The largest absolute Gasteiger partial charge is 0.442 e. The van der Waals surface area contributed by atoms with Crippen LogP contribution in [0, 0.1) is 5.92 Å². The van der Waals surface area contributed by atoms with E-state index in [4.69, 9.17) is 4.74 Å². The van der Waals surface area contributed by atoms with E-state index in [1.54, 1.807) is 0 Å². The Hall–Kier alpha value is -1.06. The van der Waals surface area contributed by atoms with Crippen LogP contribution >= 0.6 is 0 Å². The molecule has 116 valence electrons. The van der Waals surface area contributed by atoms with Gasteiger partial charge < -0.3 is 4.74 Å². The van der Waals surface area contributed by atoms with Gasteiger partial charge in [0.2, 0.25) is 5.91 Å². The lowest BCUT2D eigenvalue weighted by molar-refractivity contribution is -0.128. The molecule has 1 atom stereocenters. The van der Waals surface area contributed by atoms with Crippen molar-refractivity contribution in [2.24, 2.45) is 5.92 Å². The zero-order valence-corrected chi connectivity index (χ0v) is 13.4. The lowest BCUT2D eigenvalue weighted by Gasteiger charge is -2.39. The van der Waals surface area contributed by atoms with Crippen LogP contribution < -0.4 is 0 Å². The quantitative estimate of drug-likeness (QED) is 0.705. The van der Waals surface area contributed by atoms with Gasteiger partial charge in [-0.2, -0.15) is 0 Å². The van der Waals surface area contributed by atoms with Crippen molar-refractivity contribution in [3.8, 4) is 0 Å². The molecule has 1 saturated heterocycles. The first-order valence-electron chi connectivity index (χ1n) is 8.07. The molecule has 0 aromatic carbocycles. The molecular weight excluding hydrogens is 254 g/mol. The van der Waals surface area contributed by atoms with E-state index in [1.165, 1.54) is 4.90 Å². The van der Waals surface area contributed by atoms with Gasteiger partial charge in [-0.05, 0) is 38.0 Å². The Morgan fingerprint density at radius 3 is 2.35 bits per heavy atom. The number of rotatable bonds is 7. The summed E-state index contributed by atoms with van der Waals surface area (Å²) in [6, 6.07) is 0. The Bertz CT molecular complexity index is 337. The van der Waals surface area contributed by atoms with Gasteiger partial charge >= 0.3 is 6.09 Å². The maximum Gasteiger partial charge on any atom is 0.417 e. The number of imide groups is 1. The van der Waals surface area contributed by atoms with Crippen LogP contribution in [0.2, 0.25) is 0 Å². The molecular formula is C16H29NO3. The smallest absolute Gasteiger partial charge is 0.417 e. The van der Waals surface area contributed by atoms with Crippen molar-refractivity contribution in [2.75, 3.05) is 6.54 Å². The fourth-order valence-corrected chi connectivity index (χ4v) is 3.31. The Labute approximate surface area is 122 Å². The molecule has 4 nitrogen and oxygen atoms in total. The highest BCUT2D eigenvalue weighted by molar-refractivity contribution is 5.93. The molecule has 1 aliphatic heterocycles. The van der Waals surface area contributed by atoms with Crippen LogP contribution in [-0.2, 0) is 9.53 Å². The molecule has 0 spiro atoms. The van der Waals surface area contributed by atoms with Crippen LogP contribution in [0.3, 0.4) is 0 Å². The van der Waals surface area contributed by atoms with Gasteiger partial charge in [-0.25, -0.2) is 9.69 Å². The molecule has 0 N–H and O–H groups in total. The van der Waals surface area contributed by atoms with Crippen LogP contribution in [0.4, 0.5) is 4.79 Å². The molecule has 1 aliphatic rings. The Balaban J connectivity index is 2.84. The van der Waals surface area contributed by atoms with E-state index < -0.39 is 11.7 Å². The average molecular weight is 283 g/mol. The molecule has 1 fully saturated rings. The van der Waals surface area contributed by atoms with Crippen molar-refractivity contribution in [2.45, 2.75) is 78.2 Å². The van der Waals surface area contributed by atoms with Gasteiger partial charge in [0.15, 0.2) is 0 Å². The number of carbonyl (C=O) groups excluding carboxylic acids is 2. The third kappa shape index (κ3) is 3.53. The number of hydrogen-bond acceptors (Lipinski definition) is 3. The van der Waals surface area contributed by atoms with E-state index in [2.05, 4.69) is 27.7 Å². The van der Waals surface area contributed by atoms with Crippen molar-refractivity contribution in [3.05, 3.63) is 0 Å². The lowest BCUT2D eigenvalue weighted by Crippen LogP contribution is -2.46. The van der Waals surface area contributed by atoms with E-state index in [0.29, 0.717) is 18.9 Å². The van der Waals surface area contributed by atoms with E-state index in [9.17, 15) is 9.59 Å². The molecule has 1 heterocycles. The van der Waals surface area contributed by atoms with Gasteiger partial charge in [-0.3, -0.25) is 4.79 Å². The van der Waals surface area contributed by atoms with E-state index >= 15 is 0 Å². The average Bonchev–Trinajstić information content (AvgIpc) is 2.88. The maximum absolute atomic E-state index is 12.3. The second kappa shape index (κ2) is 7.65. The molecule has 1 unspecified atom stereocenters. The summed E-state index contributed by atoms with van der Waals surface area (Å²) in [5.41, 5.74) is -0.426. The molecule has 0 bridgehead atoms. The highest BCUT2D eigenvalue weighted by Gasteiger charge is 2.40. The van der Waals surface area contributed by atoms with Gasteiger partial charge in [0.05, 0.1) is 0 Å². The molecule has 0 saturated carbocycles. The first-order valence-corrected chi connectivity index (χ1v) is 8.07. The van der Waals surface area contributed by atoms with Crippen molar-refractivity contribution < 1.29 is 14.3 Å².